The van der Waals surface area contributed by atoms with Gasteiger partial charge in [-0.15, -0.1) is 0 Å². The minimum absolute atomic E-state index is 0.176. The van der Waals surface area contributed by atoms with Crippen LogP contribution >= 0.6 is 0 Å². The van der Waals surface area contributed by atoms with E-state index in [1.807, 2.05) is 13.8 Å². The topological polar surface area (TPSA) is 50.4 Å². The molecule has 4 nitrogen and oxygen atoms in total. The fraction of sp³-hybridized carbons (Fsp3) is 0.900. The Bertz CT molecular complexity index is 185. The third-order valence-corrected chi connectivity index (χ3v) is 2.36. The zero-order chi connectivity index (χ0) is 10.4. The molecule has 4 heteroatoms. The van der Waals surface area contributed by atoms with E-state index in [1.165, 1.54) is 0 Å². The second kappa shape index (κ2) is 5.98. The molecule has 2 unspecified atom stereocenters. The number of hydrogen-bond acceptors (Lipinski definition) is 3. The third-order valence-electron chi connectivity index (χ3n) is 2.36. The van der Waals surface area contributed by atoms with Crippen molar-refractivity contribution in [3.63, 3.8) is 0 Å². The fourth-order valence-corrected chi connectivity index (χ4v) is 1.63. The van der Waals surface area contributed by atoms with Crippen molar-refractivity contribution in [3.8, 4) is 0 Å². The molecule has 0 saturated carbocycles. The minimum atomic E-state index is 0.176. The maximum absolute atomic E-state index is 10.9. The summed E-state index contributed by atoms with van der Waals surface area (Å²) in [6.45, 7) is 6.49. The molecule has 0 aromatic heterocycles. The van der Waals surface area contributed by atoms with E-state index in [4.69, 9.17) is 4.74 Å². The van der Waals surface area contributed by atoms with Gasteiger partial charge < -0.3 is 15.4 Å². The Morgan fingerprint density at radius 1 is 1.71 bits per heavy atom. The van der Waals surface area contributed by atoms with E-state index in [0.29, 0.717) is 12.5 Å². The van der Waals surface area contributed by atoms with Gasteiger partial charge in [0.2, 0.25) is 5.91 Å². The van der Waals surface area contributed by atoms with Crippen LogP contribution in [0.25, 0.3) is 0 Å². The largest absolute Gasteiger partial charge is 0.377 e. The molecule has 1 aliphatic heterocycles. The van der Waals surface area contributed by atoms with E-state index in [0.717, 1.165) is 26.1 Å². The Morgan fingerprint density at radius 3 is 3.07 bits per heavy atom. The summed E-state index contributed by atoms with van der Waals surface area (Å²) < 4.78 is 5.38. The molecule has 2 N–H and O–H groups in total. The normalized spacial score (nSPS) is 23.6. The molecule has 0 bridgehead atoms. The summed E-state index contributed by atoms with van der Waals surface area (Å²) in [5.41, 5.74) is 0. The third kappa shape index (κ3) is 4.07. The van der Waals surface area contributed by atoms with Gasteiger partial charge in [-0.25, -0.2) is 0 Å². The maximum Gasteiger partial charge on any atom is 0.220 e. The van der Waals surface area contributed by atoms with Gasteiger partial charge in [-0.1, -0.05) is 0 Å². The van der Waals surface area contributed by atoms with Gasteiger partial charge in [-0.3, -0.25) is 4.79 Å². The first-order valence-electron chi connectivity index (χ1n) is 5.34. The van der Waals surface area contributed by atoms with E-state index in [-0.39, 0.29) is 12.0 Å². The monoisotopic (exact) mass is 200 g/mol. The number of ether oxygens (including phenoxy) is 1. The van der Waals surface area contributed by atoms with Gasteiger partial charge in [0.1, 0.15) is 0 Å². The molecular weight excluding hydrogens is 180 g/mol. The van der Waals surface area contributed by atoms with Gasteiger partial charge in [0, 0.05) is 32.2 Å². The predicted molar refractivity (Wildman–Crippen MR) is 55.1 cm³/mol. The van der Waals surface area contributed by atoms with Crippen LogP contribution in [-0.4, -0.2) is 37.7 Å². The quantitative estimate of drug-likeness (QED) is 0.647. The van der Waals surface area contributed by atoms with Crippen LogP contribution in [0.15, 0.2) is 0 Å². The van der Waals surface area contributed by atoms with E-state index < -0.39 is 0 Å². The maximum atomic E-state index is 10.9. The molecule has 2 atom stereocenters. The Kier molecular flexibility index (Phi) is 4.90. The van der Waals surface area contributed by atoms with Crippen LogP contribution in [0.1, 0.15) is 26.7 Å². The van der Waals surface area contributed by atoms with Crippen molar-refractivity contribution in [1.82, 2.24) is 10.6 Å². The van der Waals surface area contributed by atoms with Gasteiger partial charge in [0.25, 0.3) is 0 Å². The molecule has 0 aliphatic carbocycles. The lowest BCUT2D eigenvalue weighted by Crippen LogP contribution is -2.38. The Labute approximate surface area is 85.4 Å². The molecule has 1 aliphatic rings. The number of nitrogens with one attached hydrogen (secondary N) is 2. The molecule has 0 spiro atoms. The summed E-state index contributed by atoms with van der Waals surface area (Å²) >= 11 is 0. The van der Waals surface area contributed by atoms with Crippen LogP contribution in [0.5, 0.6) is 0 Å². The molecule has 1 rings (SSSR count). The highest BCUT2D eigenvalue weighted by atomic mass is 16.5. The average molecular weight is 200 g/mol. The number of rotatable bonds is 6. The van der Waals surface area contributed by atoms with Crippen LogP contribution in [0, 0.1) is 0 Å². The highest BCUT2D eigenvalue weighted by Gasteiger charge is 2.19. The lowest BCUT2D eigenvalue weighted by molar-refractivity contribution is -0.119. The number of hydrogen-bond donors (Lipinski definition) is 2. The Hall–Kier alpha value is -0.610. The molecule has 0 radical (unpaired) electrons. The van der Waals surface area contributed by atoms with Crippen molar-refractivity contribution < 1.29 is 9.53 Å². The standard InChI is InChI=1S/C10H20N2O2/c1-3-14-8(2)6-11-7-9-4-5-10(13)12-9/h8-9,11H,3-7H2,1-2H3,(H,12,13). The summed E-state index contributed by atoms with van der Waals surface area (Å²) in [6.07, 6.45) is 1.87. The summed E-state index contributed by atoms with van der Waals surface area (Å²) in [7, 11) is 0. The zero-order valence-electron chi connectivity index (χ0n) is 9.01. The Balaban J connectivity index is 2.01. The van der Waals surface area contributed by atoms with Gasteiger partial charge in [0.05, 0.1) is 6.10 Å². The van der Waals surface area contributed by atoms with Gasteiger partial charge in [-0.05, 0) is 20.3 Å². The first kappa shape index (κ1) is 11.5. The average Bonchev–Trinajstić information content (AvgIpc) is 2.52. The summed E-state index contributed by atoms with van der Waals surface area (Å²) in [4.78, 5) is 10.9. The van der Waals surface area contributed by atoms with Crippen LogP contribution < -0.4 is 10.6 Å². The first-order chi connectivity index (χ1) is 6.72. The Morgan fingerprint density at radius 2 is 2.50 bits per heavy atom. The predicted octanol–water partition coefficient (Wildman–Crippen LogP) is 0.280. The van der Waals surface area contributed by atoms with E-state index in [2.05, 4.69) is 10.6 Å². The van der Waals surface area contributed by atoms with Crippen molar-refractivity contribution in [2.75, 3.05) is 19.7 Å². The van der Waals surface area contributed by atoms with Gasteiger partial charge in [0.15, 0.2) is 0 Å². The number of carbonyl (C=O) groups is 1. The summed E-state index contributed by atoms with van der Waals surface area (Å²) in [5.74, 6) is 0.176. The molecule has 0 aromatic rings. The number of carbonyl (C=O) groups excluding carboxylic acids is 1. The lowest BCUT2D eigenvalue weighted by Gasteiger charge is -2.15. The van der Waals surface area contributed by atoms with E-state index in [9.17, 15) is 4.79 Å². The second-order valence-electron chi connectivity index (χ2n) is 3.73. The molecule has 0 aromatic carbocycles. The van der Waals surface area contributed by atoms with Crippen LogP contribution in [0.4, 0.5) is 0 Å². The lowest BCUT2D eigenvalue weighted by atomic mass is 10.2. The number of amides is 1. The van der Waals surface area contributed by atoms with Crippen molar-refractivity contribution in [2.45, 2.75) is 38.8 Å². The molecule has 1 amide bonds. The first-order valence-corrected chi connectivity index (χ1v) is 5.34. The molecule has 14 heavy (non-hydrogen) atoms. The smallest absolute Gasteiger partial charge is 0.220 e. The molecule has 1 heterocycles. The van der Waals surface area contributed by atoms with E-state index in [1.54, 1.807) is 0 Å². The van der Waals surface area contributed by atoms with Crippen molar-refractivity contribution in [1.29, 1.82) is 0 Å². The van der Waals surface area contributed by atoms with E-state index >= 15 is 0 Å². The molecule has 1 fully saturated rings. The molecule has 1 saturated heterocycles. The summed E-state index contributed by atoms with van der Waals surface area (Å²) in [5, 5.41) is 6.21. The van der Waals surface area contributed by atoms with Crippen molar-refractivity contribution in [3.05, 3.63) is 0 Å². The second-order valence-corrected chi connectivity index (χ2v) is 3.73. The molecular formula is C10H20N2O2. The van der Waals surface area contributed by atoms with Gasteiger partial charge in [-0.2, -0.15) is 0 Å². The van der Waals surface area contributed by atoms with Crippen LogP contribution in [0.3, 0.4) is 0 Å². The highest BCUT2D eigenvalue weighted by Crippen LogP contribution is 2.04. The van der Waals surface area contributed by atoms with Crippen molar-refractivity contribution in [2.24, 2.45) is 0 Å². The van der Waals surface area contributed by atoms with Crippen LogP contribution in [-0.2, 0) is 9.53 Å². The highest BCUT2D eigenvalue weighted by molar-refractivity contribution is 5.78. The van der Waals surface area contributed by atoms with Crippen LogP contribution in [0.2, 0.25) is 0 Å². The molecule has 82 valence electrons. The van der Waals surface area contributed by atoms with Gasteiger partial charge >= 0.3 is 0 Å². The minimum Gasteiger partial charge on any atom is -0.377 e. The SMILES string of the molecule is CCOC(C)CNCC1CCC(=O)N1. The summed E-state index contributed by atoms with van der Waals surface area (Å²) in [6, 6.07) is 0.316. The fourth-order valence-electron chi connectivity index (χ4n) is 1.63. The zero-order valence-corrected chi connectivity index (χ0v) is 9.01. The van der Waals surface area contributed by atoms with Crippen molar-refractivity contribution >= 4 is 5.91 Å².